The second kappa shape index (κ2) is 19.6. The lowest BCUT2D eigenvalue weighted by molar-refractivity contribution is -0.136. The zero-order valence-corrected chi connectivity index (χ0v) is 32.2. The predicted molar refractivity (Wildman–Crippen MR) is 218 cm³/mol. The van der Waals surface area contributed by atoms with E-state index in [1.165, 1.54) is 0 Å². The number of imide groups is 2. The van der Waals surface area contributed by atoms with Crippen molar-refractivity contribution >= 4 is 63.4 Å². The van der Waals surface area contributed by atoms with E-state index in [-0.39, 0.29) is 48.9 Å². The van der Waals surface area contributed by atoms with Gasteiger partial charge in [0.1, 0.15) is 6.04 Å². The number of pyridine rings is 1. The van der Waals surface area contributed by atoms with Crippen LogP contribution in [0.2, 0.25) is 0 Å². The summed E-state index contributed by atoms with van der Waals surface area (Å²) in [6, 6.07) is 19.7. The molecule has 0 aliphatic carbocycles. The molecule has 1 aromatic heterocycles. The molecule has 1 unspecified atom stereocenters. The van der Waals surface area contributed by atoms with E-state index in [1.807, 2.05) is 48.5 Å². The van der Waals surface area contributed by atoms with Crippen molar-refractivity contribution in [3.8, 4) is 0 Å². The SMILES string of the molecule is CNC(=O)c1cnc2ccc(NCCCCCCCCCCNC(=O)CNCc3cccc4c3C(=O)N(C3CCC(=O)NC3=O)C4=O)cc2c1Nc1ccccc1. The molecule has 3 heterocycles. The number of nitrogens with zero attached hydrogens (tertiary/aromatic N) is 2. The van der Waals surface area contributed by atoms with Crippen molar-refractivity contribution in [3.05, 3.63) is 95.2 Å². The van der Waals surface area contributed by atoms with E-state index < -0.39 is 29.7 Å². The Morgan fingerprint density at radius 1 is 0.825 bits per heavy atom. The van der Waals surface area contributed by atoms with E-state index in [1.54, 1.807) is 31.4 Å². The van der Waals surface area contributed by atoms with Crippen molar-refractivity contribution in [2.24, 2.45) is 0 Å². The number of carbonyl (C=O) groups excluding carboxylic acids is 6. The molecule has 2 aliphatic rings. The number of anilines is 3. The number of unbranched alkanes of at least 4 members (excludes halogenated alkanes) is 7. The summed E-state index contributed by atoms with van der Waals surface area (Å²) < 4.78 is 0. The Hall–Kier alpha value is -6.15. The molecule has 2 aliphatic heterocycles. The van der Waals surface area contributed by atoms with Crippen LogP contribution in [0.1, 0.15) is 101 Å². The number of hydrogen-bond acceptors (Lipinski definition) is 10. The van der Waals surface area contributed by atoms with Gasteiger partial charge in [-0.3, -0.25) is 44.0 Å². The topological polar surface area (TPSA) is 191 Å². The standard InChI is InChI=1S/C43H50N8O6/c1-44-40(54)33-26-48-34-19-18-30(24-32(34)39(33)49-29-15-9-8-10-16-29)46-22-11-6-4-2-3-5-7-12-23-47-37(53)27-45-25-28-14-13-17-31-38(28)43(57)51(42(31)56)35-20-21-36(52)50-41(35)55/h8-10,13-19,24,26,35,45-46H,2-7,11-12,20-23,25,27H2,1H3,(H,44,54)(H,47,53)(H,48,49)(H,50,52,55). The molecular weight excluding hydrogens is 725 g/mol. The Morgan fingerprint density at radius 3 is 2.30 bits per heavy atom. The molecule has 298 valence electrons. The van der Waals surface area contributed by atoms with Crippen LogP contribution in [-0.4, -0.2) is 78.1 Å². The molecule has 57 heavy (non-hydrogen) atoms. The average molecular weight is 775 g/mol. The van der Waals surface area contributed by atoms with Gasteiger partial charge in [-0.15, -0.1) is 0 Å². The lowest BCUT2D eigenvalue weighted by atomic mass is 10.0. The first-order chi connectivity index (χ1) is 27.7. The van der Waals surface area contributed by atoms with E-state index in [9.17, 15) is 28.8 Å². The minimum atomic E-state index is -1.02. The van der Waals surface area contributed by atoms with Crippen LogP contribution < -0.4 is 31.9 Å². The molecule has 1 fully saturated rings. The number of piperidine rings is 1. The van der Waals surface area contributed by atoms with Crippen LogP contribution in [0.15, 0.2) is 72.9 Å². The zero-order chi connectivity index (χ0) is 40.1. The Labute approximate surface area is 331 Å². The molecule has 0 spiro atoms. The maximum Gasteiger partial charge on any atom is 0.262 e. The highest BCUT2D eigenvalue weighted by molar-refractivity contribution is 6.24. The van der Waals surface area contributed by atoms with Gasteiger partial charge in [-0.2, -0.15) is 0 Å². The number of carbonyl (C=O) groups is 6. The fourth-order valence-electron chi connectivity index (χ4n) is 7.29. The number of para-hydroxylation sites is 1. The smallest absolute Gasteiger partial charge is 0.262 e. The molecule has 14 nitrogen and oxygen atoms in total. The summed E-state index contributed by atoms with van der Waals surface area (Å²) in [5, 5.41) is 18.7. The first-order valence-corrected chi connectivity index (χ1v) is 19.8. The molecule has 6 rings (SSSR count). The third kappa shape index (κ3) is 10.2. The largest absolute Gasteiger partial charge is 0.385 e. The lowest BCUT2D eigenvalue weighted by Crippen LogP contribution is -2.54. The third-order valence-electron chi connectivity index (χ3n) is 10.3. The zero-order valence-electron chi connectivity index (χ0n) is 32.2. The third-order valence-corrected chi connectivity index (χ3v) is 10.3. The Morgan fingerprint density at radius 2 is 1.56 bits per heavy atom. The van der Waals surface area contributed by atoms with Crippen LogP contribution in [0.3, 0.4) is 0 Å². The van der Waals surface area contributed by atoms with Crippen LogP contribution in [0.5, 0.6) is 0 Å². The Balaban J connectivity index is 0.829. The fourth-order valence-corrected chi connectivity index (χ4v) is 7.29. The summed E-state index contributed by atoms with van der Waals surface area (Å²) in [6.45, 7) is 1.69. The molecule has 14 heteroatoms. The molecular formula is C43H50N8O6. The van der Waals surface area contributed by atoms with Crippen molar-refractivity contribution in [3.63, 3.8) is 0 Å². The average Bonchev–Trinajstić information content (AvgIpc) is 3.47. The van der Waals surface area contributed by atoms with E-state index in [0.29, 0.717) is 17.7 Å². The van der Waals surface area contributed by atoms with Gasteiger partial charge >= 0.3 is 0 Å². The van der Waals surface area contributed by atoms with E-state index >= 15 is 0 Å². The van der Waals surface area contributed by atoms with E-state index in [0.717, 1.165) is 90.8 Å². The fraction of sp³-hybridized carbons (Fsp3) is 0.372. The number of aromatic nitrogens is 1. The van der Waals surface area contributed by atoms with Gasteiger partial charge < -0.3 is 26.6 Å². The van der Waals surface area contributed by atoms with Crippen LogP contribution in [0.25, 0.3) is 10.9 Å². The molecule has 1 saturated heterocycles. The van der Waals surface area contributed by atoms with E-state index in [4.69, 9.17) is 0 Å². The molecule has 3 aromatic carbocycles. The highest BCUT2D eigenvalue weighted by Gasteiger charge is 2.45. The van der Waals surface area contributed by atoms with Crippen molar-refractivity contribution in [2.45, 2.75) is 76.8 Å². The molecule has 6 N–H and O–H groups in total. The minimum absolute atomic E-state index is 0.0563. The van der Waals surface area contributed by atoms with Crippen LogP contribution in [0, 0.1) is 0 Å². The van der Waals surface area contributed by atoms with Gasteiger partial charge in [0.25, 0.3) is 17.7 Å². The maximum absolute atomic E-state index is 13.3. The summed E-state index contributed by atoms with van der Waals surface area (Å²) in [4.78, 5) is 80.8. The molecule has 4 aromatic rings. The van der Waals surface area contributed by atoms with Crippen LogP contribution in [-0.2, 0) is 20.9 Å². The molecule has 6 amide bonds. The highest BCUT2D eigenvalue weighted by Crippen LogP contribution is 2.32. The number of amides is 6. The second-order valence-electron chi connectivity index (χ2n) is 14.3. The summed E-state index contributed by atoms with van der Waals surface area (Å²) >= 11 is 0. The molecule has 0 bridgehead atoms. The summed E-state index contributed by atoms with van der Waals surface area (Å²) in [5.74, 6) is -2.55. The first-order valence-electron chi connectivity index (χ1n) is 19.8. The predicted octanol–water partition coefficient (Wildman–Crippen LogP) is 5.18. The number of rotatable bonds is 20. The van der Waals surface area contributed by atoms with Gasteiger partial charge in [0.05, 0.1) is 34.4 Å². The molecule has 1 atom stereocenters. The summed E-state index contributed by atoms with van der Waals surface area (Å²) in [7, 11) is 1.61. The van der Waals surface area contributed by atoms with Crippen molar-refractivity contribution in [1.82, 2.24) is 31.2 Å². The number of nitrogens with one attached hydrogen (secondary N) is 6. The normalized spacial score (nSPS) is 15.0. The van der Waals surface area contributed by atoms with Gasteiger partial charge in [0, 0.05) is 56.1 Å². The molecule has 0 saturated carbocycles. The highest BCUT2D eigenvalue weighted by atomic mass is 16.2. The lowest BCUT2D eigenvalue weighted by Gasteiger charge is -2.27. The van der Waals surface area contributed by atoms with Gasteiger partial charge in [-0.25, -0.2) is 0 Å². The number of hydrogen-bond donors (Lipinski definition) is 6. The first kappa shape index (κ1) is 40.5. The number of fused-ring (bicyclic) bond motifs is 2. The summed E-state index contributed by atoms with van der Waals surface area (Å²) in [6.07, 6.45) is 10.4. The van der Waals surface area contributed by atoms with Gasteiger partial charge in [-0.1, -0.05) is 68.9 Å². The molecule has 0 radical (unpaired) electrons. The van der Waals surface area contributed by atoms with Crippen molar-refractivity contribution in [2.75, 3.05) is 37.3 Å². The Bertz CT molecular complexity index is 2120. The monoisotopic (exact) mass is 774 g/mol. The van der Waals surface area contributed by atoms with Gasteiger partial charge in [0.2, 0.25) is 17.7 Å². The van der Waals surface area contributed by atoms with Gasteiger partial charge in [-0.05, 0) is 61.2 Å². The quantitative estimate of drug-likeness (QED) is 0.0516. The maximum atomic E-state index is 13.3. The van der Waals surface area contributed by atoms with Crippen LogP contribution in [0.4, 0.5) is 17.1 Å². The van der Waals surface area contributed by atoms with Crippen LogP contribution >= 0.6 is 0 Å². The summed E-state index contributed by atoms with van der Waals surface area (Å²) in [5.41, 5.74) is 4.88. The van der Waals surface area contributed by atoms with E-state index in [2.05, 4.69) is 36.9 Å². The van der Waals surface area contributed by atoms with Crippen molar-refractivity contribution in [1.29, 1.82) is 0 Å². The van der Waals surface area contributed by atoms with Crippen molar-refractivity contribution < 1.29 is 28.8 Å². The van der Waals surface area contributed by atoms with Gasteiger partial charge in [0.15, 0.2) is 0 Å². The minimum Gasteiger partial charge on any atom is -0.385 e. The Kier molecular flexibility index (Phi) is 14.0. The second-order valence-corrected chi connectivity index (χ2v) is 14.3. The number of benzene rings is 3.